The number of phenolic OH excluding ortho intramolecular Hbond substituents is 1. The Bertz CT molecular complexity index is 1010. The number of ether oxygens (including phenoxy) is 1. The quantitative estimate of drug-likeness (QED) is 0.486. The number of carbonyl (C=O) groups is 1. The lowest BCUT2D eigenvalue weighted by Crippen LogP contribution is -2.11. The first-order valence-electron chi connectivity index (χ1n) is 7.04. The number of aromatic amines is 1. The topological polar surface area (TPSA) is 130 Å². The summed E-state index contributed by atoms with van der Waals surface area (Å²) in [5.41, 5.74) is -0.0305. The summed E-state index contributed by atoms with van der Waals surface area (Å²) in [6, 6.07) is 7.64. The smallest absolute Gasteiger partial charge is 0.349 e. The van der Waals surface area contributed by atoms with E-state index in [9.17, 15) is 14.7 Å². The predicted molar refractivity (Wildman–Crippen MR) is 86.9 cm³/mol. The van der Waals surface area contributed by atoms with E-state index >= 15 is 0 Å². The SMILES string of the molecule is COC(=O)c1cc(-c2ccc(/C=N/n3cc(O)[nH]c3=O)o2)ccc1O. The van der Waals surface area contributed by atoms with Crippen LogP contribution in [-0.2, 0) is 4.74 Å². The minimum atomic E-state index is -0.667. The Kier molecular flexibility index (Phi) is 4.12. The van der Waals surface area contributed by atoms with Crippen molar-refractivity contribution in [2.45, 2.75) is 0 Å². The monoisotopic (exact) mass is 343 g/mol. The Morgan fingerprint density at radius 2 is 2.12 bits per heavy atom. The molecule has 3 rings (SSSR count). The maximum atomic E-state index is 11.6. The van der Waals surface area contributed by atoms with Crippen molar-refractivity contribution in [2.24, 2.45) is 5.10 Å². The molecule has 9 heteroatoms. The average Bonchev–Trinajstić information content (AvgIpc) is 3.19. The van der Waals surface area contributed by atoms with Gasteiger partial charge in [-0.25, -0.2) is 9.59 Å². The average molecular weight is 343 g/mol. The Hall–Kier alpha value is -3.75. The summed E-state index contributed by atoms with van der Waals surface area (Å²) in [7, 11) is 1.22. The van der Waals surface area contributed by atoms with Gasteiger partial charge in [0.25, 0.3) is 0 Å². The molecule has 0 spiro atoms. The van der Waals surface area contributed by atoms with Gasteiger partial charge in [-0.3, -0.25) is 4.98 Å². The van der Waals surface area contributed by atoms with Crippen LogP contribution in [0.5, 0.6) is 11.6 Å². The molecule has 25 heavy (non-hydrogen) atoms. The number of hydrogen-bond donors (Lipinski definition) is 3. The van der Waals surface area contributed by atoms with Gasteiger partial charge in [0.2, 0.25) is 5.88 Å². The normalized spacial score (nSPS) is 11.1. The minimum absolute atomic E-state index is 0.0148. The van der Waals surface area contributed by atoms with E-state index < -0.39 is 11.7 Å². The molecular weight excluding hydrogens is 330 g/mol. The number of aromatic nitrogens is 2. The molecule has 0 fully saturated rings. The third kappa shape index (κ3) is 3.29. The Morgan fingerprint density at radius 3 is 2.80 bits per heavy atom. The standard InChI is InChI=1S/C16H13N3O6/c1-24-15(22)11-6-9(2-4-12(11)20)13-5-3-10(25-13)7-17-19-8-14(21)18-16(19)23/h2-8,20-21H,1H3,(H,18,23)/b17-7+. The lowest BCUT2D eigenvalue weighted by molar-refractivity contribution is 0.0597. The maximum absolute atomic E-state index is 11.6. The number of esters is 1. The zero-order valence-electron chi connectivity index (χ0n) is 13.0. The van der Waals surface area contributed by atoms with Gasteiger partial charge in [0.1, 0.15) is 22.8 Å². The van der Waals surface area contributed by atoms with Crippen molar-refractivity contribution < 1.29 is 24.2 Å². The molecule has 0 aliphatic rings. The minimum Gasteiger partial charge on any atom is -0.507 e. The van der Waals surface area contributed by atoms with Crippen LogP contribution in [0.2, 0.25) is 0 Å². The highest BCUT2D eigenvalue weighted by atomic mass is 16.5. The molecule has 3 N–H and O–H groups in total. The van der Waals surface area contributed by atoms with Crippen molar-refractivity contribution in [2.75, 3.05) is 7.11 Å². The number of imidazole rings is 1. The maximum Gasteiger partial charge on any atom is 0.349 e. The third-order valence-corrected chi connectivity index (χ3v) is 3.31. The number of phenols is 1. The summed E-state index contributed by atoms with van der Waals surface area (Å²) in [4.78, 5) is 25.2. The van der Waals surface area contributed by atoms with Gasteiger partial charge in [0, 0.05) is 5.56 Å². The summed E-state index contributed by atoms with van der Waals surface area (Å²) in [6.07, 6.45) is 2.41. The van der Waals surface area contributed by atoms with E-state index in [0.29, 0.717) is 17.1 Å². The molecule has 1 aromatic carbocycles. The highest BCUT2D eigenvalue weighted by molar-refractivity contribution is 5.93. The van der Waals surface area contributed by atoms with Crippen molar-refractivity contribution >= 4 is 12.2 Å². The molecule has 3 aromatic rings. The fraction of sp³-hybridized carbons (Fsp3) is 0.0625. The van der Waals surface area contributed by atoms with E-state index in [2.05, 4.69) is 14.8 Å². The van der Waals surface area contributed by atoms with Crippen LogP contribution in [0.25, 0.3) is 11.3 Å². The van der Waals surface area contributed by atoms with Gasteiger partial charge >= 0.3 is 11.7 Å². The number of H-pyrrole nitrogens is 1. The van der Waals surface area contributed by atoms with Gasteiger partial charge in [0.15, 0.2) is 0 Å². The number of nitrogens with zero attached hydrogens (tertiary/aromatic N) is 2. The van der Waals surface area contributed by atoms with Crippen LogP contribution in [-0.4, -0.2) is 39.2 Å². The zero-order valence-corrected chi connectivity index (χ0v) is 13.0. The number of hydrogen-bond acceptors (Lipinski definition) is 7. The summed E-state index contributed by atoms with van der Waals surface area (Å²) >= 11 is 0. The van der Waals surface area contributed by atoms with Crippen LogP contribution >= 0.6 is 0 Å². The van der Waals surface area contributed by atoms with Crippen LogP contribution in [0.15, 0.2) is 50.8 Å². The highest BCUT2D eigenvalue weighted by Gasteiger charge is 2.14. The van der Waals surface area contributed by atoms with Crippen molar-refractivity contribution in [1.29, 1.82) is 0 Å². The van der Waals surface area contributed by atoms with Crippen molar-refractivity contribution in [1.82, 2.24) is 9.66 Å². The zero-order chi connectivity index (χ0) is 18.0. The van der Waals surface area contributed by atoms with E-state index in [4.69, 9.17) is 9.52 Å². The van der Waals surface area contributed by atoms with Crippen LogP contribution in [0.3, 0.4) is 0 Å². The molecular formula is C16H13N3O6. The van der Waals surface area contributed by atoms with E-state index in [1.807, 2.05) is 0 Å². The van der Waals surface area contributed by atoms with Crippen molar-refractivity contribution in [3.05, 3.63) is 58.3 Å². The van der Waals surface area contributed by atoms with Gasteiger partial charge in [-0.15, -0.1) is 0 Å². The van der Waals surface area contributed by atoms with Crippen LogP contribution in [0, 0.1) is 0 Å². The van der Waals surface area contributed by atoms with Gasteiger partial charge < -0.3 is 19.4 Å². The Labute approximate surface area is 140 Å². The number of rotatable bonds is 4. The number of carbonyl (C=O) groups excluding carboxylic acids is 1. The molecule has 0 amide bonds. The Morgan fingerprint density at radius 1 is 1.32 bits per heavy atom. The van der Waals surface area contributed by atoms with Gasteiger partial charge in [-0.2, -0.15) is 9.78 Å². The number of nitrogens with one attached hydrogen (secondary N) is 1. The first kappa shape index (κ1) is 16.1. The highest BCUT2D eigenvalue weighted by Crippen LogP contribution is 2.27. The fourth-order valence-corrected chi connectivity index (χ4v) is 2.12. The molecule has 0 aliphatic carbocycles. The Balaban J connectivity index is 1.88. The molecule has 0 atom stereocenters. The van der Waals surface area contributed by atoms with E-state index in [1.54, 1.807) is 18.2 Å². The van der Waals surface area contributed by atoms with Crippen molar-refractivity contribution in [3.63, 3.8) is 0 Å². The fourth-order valence-electron chi connectivity index (χ4n) is 2.12. The second-order valence-corrected chi connectivity index (χ2v) is 4.96. The molecule has 0 unspecified atom stereocenters. The molecule has 2 aromatic heterocycles. The molecule has 0 radical (unpaired) electrons. The molecule has 0 bridgehead atoms. The van der Waals surface area contributed by atoms with Gasteiger partial charge in [-0.1, -0.05) is 0 Å². The number of methoxy groups -OCH3 is 1. The first-order chi connectivity index (χ1) is 12.0. The van der Waals surface area contributed by atoms with Crippen LogP contribution in [0.4, 0.5) is 0 Å². The lowest BCUT2D eigenvalue weighted by Gasteiger charge is -2.04. The molecule has 0 aliphatic heterocycles. The van der Waals surface area contributed by atoms with Crippen molar-refractivity contribution in [3.8, 4) is 23.0 Å². The molecule has 0 saturated heterocycles. The van der Waals surface area contributed by atoms with Crippen LogP contribution < -0.4 is 5.69 Å². The molecule has 9 nitrogen and oxygen atoms in total. The summed E-state index contributed by atoms with van der Waals surface area (Å²) < 4.78 is 11.1. The largest absolute Gasteiger partial charge is 0.507 e. The van der Waals surface area contributed by atoms with Gasteiger partial charge in [-0.05, 0) is 30.3 Å². The lowest BCUT2D eigenvalue weighted by atomic mass is 10.1. The van der Waals surface area contributed by atoms with E-state index in [0.717, 1.165) is 10.9 Å². The van der Waals surface area contributed by atoms with E-state index in [1.165, 1.54) is 25.5 Å². The number of benzene rings is 1. The molecule has 2 heterocycles. The summed E-state index contributed by atoms with van der Waals surface area (Å²) in [5.74, 6) is -0.400. The number of aromatic hydroxyl groups is 2. The first-order valence-corrected chi connectivity index (χ1v) is 7.04. The second kappa shape index (κ2) is 6.40. The molecule has 0 saturated carbocycles. The second-order valence-electron chi connectivity index (χ2n) is 4.96. The summed E-state index contributed by atoms with van der Waals surface area (Å²) in [6.45, 7) is 0. The van der Waals surface area contributed by atoms with E-state index in [-0.39, 0.29) is 17.2 Å². The third-order valence-electron chi connectivity index (χ3n) is 3.31. The summed E-state index contributed by atoms with van der Waals surface area (Å²) in [5, 5.41) is 22.7. The van der Waals surface area contributed by atoms with Crippen LogP contribution in [0.1, 0.15) is 16.1 Å². The number of furan rings is 1. The predicted octanol–water partition coefficient (Wildman–Crippen LogP) is 1.52. The molecule has 128 valence electrons. The van der Waals surface area contributed by atoms with Gasteiger partial charge in [0.05, 0.1) is 19.5 Å².